The van der Waals surface area contributed by atoms with Crippen LogP contribution >= 0.6 is 11.6 Å². The van der Waals surface area contributed by atoms with Gasteiger partial charge in [0.2, 0.25) is 0 Å². The smallest absolute Gasteiger partial charge is 0.122 e. The Morgan fingerprint density at radius 3 is 2.79 bits per heavy atom. The van der Waals surface area contributed by atoms with E-state index in [1.165, 1.54) is 16.7 Å². The average Bonchev–Trinajstić information content (AvgIpc) is 2.89. The van der Waals surface area contributed by atoms with Crippen molar-refractivity contribution in [3.8, 4) is 16.9 Å². The zero-order valence-corrected chi connectivity index (χ0v) is 11.6. The standard InChI is InChI=1S/C16H16ClNO/c1-18-10-14-9-11(2-4-15(14)17)12-3-5-16-13(8-12)6-7-19-16/h2-5,8-9,18H,6-7,10H2,1H3. The predicted molar refractivity (Wildman–Crippen MR) is 78.9 cm³/mol. The maximum atomic E-state index is 6.20. The van der Waals surface area contributed by atoms with Gasteiger partial charge in [-0.3, -0.25) is 0 Å². The topological polar surface area (TPSA) is 21.3 Å². The summed E-state index contributed by atoms with van der Waals surface area (Å²) < 4.78 is 5.54. The molecule has 0 unspecified atom stereocenters. The molecule has 1 heterocycles. The first-order valence-corrected chi connectivity index (χ1v) is 6.85. The van der Waals surface area contributed by atoms with Crippen molar-refractivity contribution in [2.75, 3.05) is 13.7 Å². The van der Waals surface area contributed by atoms with E-state index in [9.17, 15) is 0 Å². The van der Waals surface area contributed by atoms with E-state index in [-0.39, 0.29) is 0 Å². The van der Waals surface area contributed by atoms with Gasteiger partial charge in [-0.15, -0.1) is 0 Å². The molecule has 3 rings (SSSR count). The van der Waals surface area contributed by atoms with Crippen LogP contribution in [0.5, 0.6) is 5.75 Å². The maximum absolute atomic E-state index is 6.20. The van der Waals surface area contributed by atoms with Gasteiger partial charge < -0.3 is 10.1 Å². The lowest BCUT2D eigenvalue weighted by molar-refractivity contribution is 0.357. The van der Waals surface area contributed by atoms with Crippen LogP contribution in [-0.2, 0) is 13.0 Å². The lowest BCUT2D eigenvalue weighted by Gasteiger charge is -2.09. The molecule has 0 aliphatic carbocycles. The van der Waals surface area contributed by atoms with Crippen molar-refractivity contribution >= 4 is 11.6 Å². The Labute approximate surface area is 118 Å². The number of fused-ring (bicyclic) bond motifs is 1. The molecule has 1 aliphatic heterocycles. The van der Waals surface area contributed by atoms with E-state index in [1.807, 2.05) is 13.1 Å². The van der Waals surface area contributed by atoms with Crippen LogP contribution < -0.4 is 10.1 Å². The zero-order chi connectivity index (χ0) is 13.2. The van der Waals surface area contributed by atoms with Crippen molar-refractivity contribution in [3.63, 3.8) is 0 Å². The van der Waals surface area contributed by atoms with E-state index in [0.29, 0.717) is 0 Å². The largest absolute Gasteiger partial charge is 0.493 e. The highest BCUT2D eigenvalue weighted by Gasteiger charge is 2.13. The highest BCUT2D eigenvalue weighted by molar-refractivity contribution is 6.31. The Balaban J connectivity index is 1.99. The highest BCUT2D eigenvalue weighted by atomic mass is 35.5. The summed E-state index contributed by atoms with van der Waals surface area (Å²) >= 11 is 6.20. The van der Waals surface area contributed by atoms with E-state index >= 15 is 0 Å². The Kier molecular flexibility index (Phi) is 3.45. The van der Waals surface area contributed by atoms with Crippen molar-refractivity contribution in [2.45, 2.75) is 13.0 Å². The monoisotopic (exact) mass is 273 g/mol. The number of benzene rings is 2. The molecule has 1 aliphatic rings. The van der Waals surface area contributed by atoms with Crippen LogP contribution in [0.4, 0.5) is 0 Å². The molecule has 0 aromatic heterocycles. The molecule has 19 heavy (non-hydrogen) atoms. The van der Waals surface area contributed by atoms with Crippen LogP contribution in [0.15, 0.2) is 36.4 Å². The Hall–Kier alpha value is -1.51. The maximum Gasteiger partial charge on any atom is 0.122 e. The number of nitrogens with one attached hydrogen (secondary N) is 1. The fourth-order valence-electron chi connectivity index (χ4n) is 2.45. The third-order valence-electron chi connectivity index (χ3n) is 3.44. The number of halogens is 1. The van der Waals surface area contributed by atoms with Gasteiger partial charge in [0.25, 0.3) is 0 Å². The average molecular weight is 274 g/mol. The molecule has 2 aromatic carbocycles. The summed E-state index contributed by atoms with van der Waals surface area (Å²) in [5, 5.41) is 3.95. The second kappa shape index (κ2) is 5.24. The highest BCUT2D eigenvalue weighted by Crippen LogP contribution is 2.31. The first-order chi connectivity index (χ1) is 9.28. The Bertz CT molecular complexity index is 610. The lowest BCUT2D eigenvalue weighted by atomic mass is 10.00. The van der Waals surface area contributed by atoms with E-state index in [1.54, 1.807) is 0 Å². The molecule has 0 bridgehead atoms. The summed E-state index contributed by atoms with van der Waals surface area (Å²) in [7, 11) is 1.93. The molecule has 0 amide bonds. The summed E-state index contributed by atoms with van der Waals surface area (Å²) in [6, 6.07) is 12.6. The normalized spacial score (nSPS) is 13.2. The van der Waals surface area contributed by atoms with Crippen LogP contribution in [0.2, 0.25) is 5.02 Å². The van der Waals surface area contributed by atoms with Gasteiger partial charge in [-0.1, -0.05) is 23.7 Å². The van der Waals surface area contributed by atoms with Crippen LogP contribution in [0, 0.1) is 0 Å². The van der Waals surface area contributed by atoms with Crippen molar-refractivity contribution in [1.82, 2.24) is 5.32 Å². The lowest BCUT2D eigenvalue weighted by Crippen LogP contribution is -2.05. The van der Waals surface area contributed by atoms with Gasteiger partial charge in [-0.05, 0) is 53.6 Å². The third-order valence-corrected chi connectivity index (χ3v) is 3.80. The summed E-state index contributed by atoms with van der Waals surface area (Å²) in [6.45, 7) is 1.57. The molecule has 0 radical (unpaired) electrons. The third kappa shape index (κ3) is 2.46. The Morgan fingerprint density at radius 1 is 1.16 bits per heavy atom. The van der Waals surface area contributed by atoms with Gasteiger partial charge >= 0.3 is 0 Å². The number of hydrogen-bond acceptors (Lipinski definition) is 2. The quantitative estimate of drug-likeness (QED) is 0.921. The van der Waals surface area contributed by atoms with E-state index < -0.39 is 0 Å². The molecule has 0 spiro atoms. The van der Waals surface area contributed by atoms with Gasteiger partial charge in [0, 0.05) is 18.0 Å². The second-order valence-electron chi connectivity index (χ2n) is 4.76. The second-order valence-corrected chi connectivity index (χ2v) is 5.16. The molecule has 0 atom stereocenters. The van der Waals surface area contributed by atoms with Crippen LogP contribution in [-0.4, -0.2) is 13.7 Å². The molecule has 2 aromatic rings. The molecule has 1 N–H and O–H groups in total. The summed E-state index contributed by atoms with van der Waals surface area (Å²) in [5.41, 5.74) is 4.84. The van der Waals surface area contributed by atoms with Crippen molar-refractivity contribution in [1.29, 1.82) is 0 Å². The van der Waals surface area contributed by atoms with Crippen molar-refractivity contribution in [2.24, 2.45) is 0 Å². The minimum atomic E-state index is 0.778. The summed E-state index contributed by atoms with van der Waals surface area (Å²) in [6.07, 6.45) is 1.00. The van der Waals surface area contributed by atoms with Crippen LogP contribution in [0.1, 0.15) is 11.1 Å². The minimum Gasteiger partial charge on any atom is -0.493 e. The van der Waals surface area contributed by atoms with Gasteiger partial charge in [0.05, 0.1) is 6.61 Å². The van der Waals surface area contributed by atoms with Gasteiger partial charge in [0.1, 0.15) is 5.75 Å². The number of ether oxygens (including phenoxy) is 1. The fraction of sp³-hybridized carbons (Fsp3) is 0.250. The SMILES string of the molecule is CNCc1cc(-c2ccc3c(c2)CCO3)ccc1Cl. The predicted octanol–water partition coefficient (Wildman–Crippen LogP) is 3.66. The van der Waals surface area contributed by atoms with Gasteiger partial charge in [0.15, 0.2) is 0 Å². The molecule has 0 saturated carbocycles. The first-order valence-electron chi connectivity index (χ1n) is 6.47. The van der Waals surface area contributed by atoms with Gasteiger partial charge in [-0.2, -0.15) is 0 Å². The van der Waals surface area contributed by atoms with Crippen LogP contribution in [0.25, 0.3) is 11.1 Å². The van der Waals surface area contributed by atoms with Gasteiger partial charge in [-0.25, -0.2) is 0 Å². The summed E-state index contributed by atoms with van der Waals surface area (Å²) in [4.78, 5) is 0. The van der Waals surface area contributed by atoms with Crippen molar-refractivity contribution in [3.05, 3.63) is 52.5 Å². The summed E-state index contributed by atoms with van der Waals surface area (Å²) in [5.74, 6) is 1.02. The van der Waals surface area contributed by atoms with E-state index in [0.717, 1.165) is 35.9 Å². The van der Waals surface area contributed by atoms with Crippen molar-refractivity contribution < 1.29 is 4.74 Å². The van der Waals surface area contributed by atoms with E-state index in [4.69, 9.17) is 16.3 Å². The first kappa shape index (κ1) is 12.5. The Morgan fingerprint density at radius 2 is 1.95 bits per heavy atom. The van der Waals surface area contributed by atoms with E-state index in [2.05, 4.69) is 35.6 Å². The number of rotatable bonds is 3. The minimum absolute atomic E-state index is 0.778. The zero-order valence-electron chi connectivity index (χ0n) is 10.9. The van der Waals surface area contributed by atoms with Crippen LogP contribution in [0.3, 0.4) is 0 Å². The molecule has 2 nitrogen and oxygen atoms in total. The molecule has 3 heteroatoms. The fourth-order valence-corrected chi connectivity index (χ4v) is 2.63. The molecular weight excluding hydrogens is 258 g/mol. The number of hydrogen-bond donors (Lipinski definition) is 1. The molecule has 0 fully saturated rings. The molecular formula is C16H16ClNO. The molecule has 98 valence electrons. The molecule has 0 saturated heterocycles.